The number of halogens is 6. The maximum atomic E-state index is 16.8. The number of amides is 1. The molecule has 3 fully saturated rings. The fourth-order valence-electron chi connectivity index (χ4n) is 7.17. The number of ether oxygens (including phenoxy) is 1. The van der Waals surface area contributed by atoms with Gasteiger partial charge in [-0.25, -0.2) is 13.2 Å². The van der Waals surface area contributed by atoms with E-state index in [-0.39, 0.29) is 88.0 Å². The van der Waals surface area contributed by atoms with Crippen molar-refractivity contribution in [3.63, 3.8) is 0 Å². The number of nitrogens with zero attached hydrogens (tertiary/aromatic N) is 5. The topological polar surface area (TPSA) is 120 Å². The van der Waals surface area contributed by atoms with Crippen LogP contribution in [0.5, 0.6) is 6.01 Å². The van der Waals surface area contributed by atoms with Crippen LogP contribution in [0.15, 0.2) is 18.2 Å². The average Bonchev–Trinajstić information content (AvgIpc) is 3.63. The maximum Gasteiger partial charge on any atom is 0.417 e. The van der Waals surface area contributed by atoms with Gasteiger partial charge in [-0.1, -0.05) is 6.07 Å². The smallest absolute Gasteiger partial charge is 0.417 e. The van der Waals surface area contributed by atoms with Gasteiger partial charge < -0.3 is 20.7 Å². The first-order valence-electron chi connectivity index (χ1n) is 14.9. The van der Waals surface area contributed by atoms with Gasteiger partial charge >= 0.3 is 12.2 Å². The van der Waals surface area contributed by atoms with E-state index in [0.717, 1.165) is 24.6 Å². The second-order valence-electron chi connectivity index (χ2n) is 12.3. The zero-order valence-corrected chi connectivity index (χ0v) is 25.7. The highest BCUT2D eigenvalue weighted by molar-refractivity contribution is 7.23. The summed E-state index contributed by atoms with van der Waals surface area (Å²) in [5.41, 5.74) is 1.84. The van der Waals surface area contributed by atoms with Crippen LogP contribution in [0, 0.1) is 23.0 Å². The molecular formula is C31H27F6N7O2S. The van der Waals surface area contributed by atoms with E-state index < -0.39 is 46.2 Å². The third-order valence-electron chi connectivity index (χ3n) is 9.21. The molecule has 0 aliphatic carbocycles. The van der Waals surface area contributed by atoms with Gasteiger partial charge in [-0.2, -0.15) is 28.4 Å². The highest BCUT2D eigenvalue weighted by Gasteiger charge is 2.49. The molecule has 3 saturated heterocycles. The minimum absolute atomic E-state index is 0.0136. The predicted molar refractivity (Wildman–Crippen MR) is 163 cm³/mol. The number of hydrogen-bond acceptors (Lipinski definition) is 9. The largest absolute Gasteiger partial charge is 0.461 e. The zero-order chi connectivity index (χ0) is 33.4. The van der Waals surface area contributed by atoms with Gasteiger partial charge in [0.1, 0.15) is 41.0 Å². The third kappa shape index (κ3) is 5.16. The van der Waals surface area contributed by atoms with Crippen LogP contribution in [0.3, 0.4) is 0 Å². The molecule has 2 aromatic heterocycles. The molecule has 5 heterocycles. The van der Waals surface area contributed by atoms with E-state index in [1.807, 2.05) is 4.90 Å². The van der Waals surface area contributed by atoms with Crippen LogP contribution in [-0.4, -0.2) is 71.3 Å². The molecule has 9 nitrogen and oxygen atoms in total. The summed E-state index contributed by atoms with van der Waals surface area (Å²) in [5, 5.41) is 11.8. The van der Waals surface area contributed by atoms with Gasteiger partial charge in [0.2, 0.25) is 5.91 Å². The normalized spacial score (nSPS) is 21.7. The monoisotopic (exact) mass is 675 g/mol. The van der Waals surface area contributed by atoms with Gasteiger partial charge in [0.15, 0.2) is 5.82 Å². The Morgan fingerprint density at radius 2 is 2.02 bits per heavy atom. The standard InChI is InChI=1S/C31H27F6N7O2S/c1-14(45)40-16-11-43(12-16)28-18-7-20(31(35,36)37)23(17-3-4-21(33)26-22(17)19(9-38)27(39)47-26)24(34)25(18)41-29(42-28)46-13-30-5-2-6-44(30)10-15(32)8-30/h3-4,7,15-16H,2,5-6,8,10-13,39H2,1H3,(H,40,45). The number of anilines is 2. The first kappa shape index (κ1) is 31.3. The SMILES string of the molecule is CC(=O)NC1CN(c2nc(OCC34CCCN3CC(F)C4)nc3c(F)c(-c4ccc(F)c5sc(N)c(C#N)c45)c(C(F)(F)F)cc23)C1. The van der Waals surface area contributed by atoms with Crippen molar-refractivity contribution < 1.29 is 35.9 Å². The zero-order valence-electron chi connectivity index (χ0n) is 24.8. The van der Waals surface area contributed by atoms with Crippen molar-refractivity contribution in [2.75, 3.05) is 43.4 Å². The lowest BCUT2D eigenvalue weighted by Crippen LogP contribution is -2.59. The van der Waals surface area contributed by atoms with Crippen molar-refractivity contribution in [2.45, 2.75) is 50.1 Å². The Morgan fingerprint density at radius 1 is 1.26 bits per heavy atom. The molecule has 2 atom stereocenters. The summed E-state index contributed by atoms with van der Waals surface area (Å²) in [6.45, 7) is 2.62. The maximum absolute atomic E-state index is 16.8. The van der Waals surface area contributed by atoms with Crippen molar-refractivity contribution in [1.82, 2.24) is 20.2 Å². The van der Waals surface area contributed by atoms with Crippen LogP contribution < -0.4 is 20.7 Å². The van der Waals surface area contributed by atoms with E-state index in [2.05, 4.69) is 15.3 Å². The molecule has 0 spiro atoms. The Bertz CT molecular complexity index is 1990. The minimum atomic E-state index is -5.10. The summed E-state index contributed by atoms with van der Waals surface area (Å²) in [7, 11) is 0. The molecule has 3 aliphatic rings. The van der Waals surface area contributed by atoms with Gasteiger partial charge in [-0.05, 0) is 37.1 Å². The number of nitriles is 1. The summed E-state index contributed by atoms with van der Waals surface area (Å²) < 4.78 is 96.2. The predicted octanol–water partition coefficient (Wildman–Crippen LogP) is 5.54. The number of carbonyl (C=O) groups excluding carboxylic acids is 1. The van der Waals surface area contributed by atoms with E-state index in [9.17, 15) is 32.0 Å². The van der Waals surface area contributed by atoms with Crippen molar-refractivity contribution in [3.8, 4) is 23.2 Å². The number of nitrogens with two attached hydrogens (primary N) is 1. The van der Waals surface area contributed by atoms with Gasteiger partial charge in [0.05, 0.1) is 27.4 Å². The number of hydrogen-bond donors (Lipinski definition) is 2. The van der Waals surface area contributed by atoms with Crippen molar-refractivity contribution in [2.24, 2.45) is 0 Å². The summed E-state index contributed by atoms with van der Waals surface area (Å²) in [6.07, 6.45) is -4.42. The molecule has 4 aromatic rings. The van der Waals surface area contributed by atoms with Crippen molar-refractivity contribution in [3.05, 3.63) is 41.0 Å². The Labute approximate surface area is 267 Å². The first-order valence-corrected chi connectivity index (χ1v) is 15.7. The van der Waals surface area contributed by atoms with Crippen LogP contribution in [0.1, 0.15) is 37.3 Å². The summed E-state index contributed by atoms with van der Waals surface area (Å²) in [6, 6.07) is 3.78. The highest BCUT2D eigenvalue weighted by Crippen LogP contribution is 2.48. The molecule has 246 valence electrons. The number of fused-ring (bicyclic) bond motifs is 3. The van der Waals surface area contributed by atoms with Gasteiger partial charge in [-0.3, -0.25) is 9.69 Å². The fourth-order valence-corrected chi connectivity index (χ4v) is 8.12. The Hall–Kier alpha value is -4.36. The lowest BCUT2D eigenvalue weighted by Gasteiger charge is -2.40. The quantitative estimate of drug-likeness (QED) is 0.256. The molecule has 3 aliphatic heterocycles. The third-order valence-corrected chi connectivity index (χ3v) is 10.2. The van der Waals surface area contributed by atoms with Crippen LogP contribution >= 0.6 is 11.3 Å². The number of thiophene rings is 1. The molecule has 47 heavy (non-hydrogen) atoms. The van der Waals surface area contributed by atoms with E-state index in [0.29, 0.717) is 24.3 Å². The van der Waals surface area contributed by atoms with E-state index >= 15 is 4.39 Å². The number of rotatable bonds is 6. The lowest BCUT2D eigenvalue weighted by molar-refractivity contribution is -0.137. The second-order valence-corrected chi connectivity index (χ2v) is 13.3. The lowest BCUT2D eigenvalue weighted by atomic mass is 9.92. The second kappa shape index (κ2) is 11.1. The molecule has 0 bridgehead atoms. The Morgan fingerprint density at radius 3 is 2.72 bits per heavy atom. The molecule has 2 aromatic carbocycles. The summed E-state index contributed by atoms with van der Waals surface area (Å²) >= 11 is 0.675. The number of alkyl halides is 4. The molecule has 1 amide bonds. The van der Waals surface area contributed by atoms with Gasteiger partial charge in [-0.15, -0.1) is 11.3 Å². The Kier molecular flexibility index (Phi) is 7.39. The molecule has 16 heteroatoms. The van der Waals surface area contributed by atoms with E-state index in [1.54, 1.807) is 11.0 Å². The number of nitrogen functional groups attached to an aromatic ring is 1. The van der Waals surface area contributed by atoms with E-state index in [1.165, 1.54) is 6.92 Å². The molecule has 2 unspecified atom stereocenters. The average molecular weight is 676 g/mol. The fraction of sp³-hybridized carbons (Fsp3) is 0.419. The first-order chi connectivity index (χ1) is 22.3. The minimum Gasteiger partial charge on any atom is -0.461 e. The number of benzene rings is 2. The van der Waals surface area contributed by atoms with Gasteiger partial charge in [0, 0.05) is 49.3 Å². The molecule has 0 radical (unpaired) electrons. The molecule has 3 N–H and O–H groups in total. The van der Waals surface area contributed by atoms with Crippen molar-refractivity contribution in [1.29, 1.82) is 5.26 Å². The van der Waals surface area contributed by atoms with Gasteiger partial charge in [0.25, 0.3) is 0 Å². The highest BCUT2D eigenvalue weighted by atomic mass is 32.1. The van der Waals surface area contributed by atoms with Crippen LogP contribution in [0.4, 0.5) is 37.2 Å². The number of nitrogens with one attached hydrogen (secondary N) is 1. The molecular weight excluding hydrogens is 648 g/mol. The molecule has 0 saturated carbocycles. The Balaban J connectivity index is 1.42. The van der Waals surface area contributed by atoms with Crippen molar-refractivity contribution >= 4 is 49.1 Å². The molecule has 7 rings (SSSR count). The van der Waals surface area contributed by atoms with Crippen LogP contribution in [0.2, 0.25) is 0 Å². The summed E-state index contributed by atoms with van der Waals surface area (Å²) in [4.78, 5) is 23.8. The van der Waals surface area contributed by atoms with E-state index in [4.69, 9.17) is 10.5 Å². The summed E-state index contributed by atoms with van der Waals surface area (Å²) in [5.74, 6) is -2.54. The van der Waals surface area contributed by atoms with Crippen LogP contribution in [-0.2, 0) is 11.0 Å². The number of carbonyl (C=O) groups is 1. The van der Waals surface area contributed by atoms with Crippen LogP contribution in [0.25, 0.3) is 32.1 Å². The number of aromatic nitrogens is 2.